The maximum atomic E-state index is 11.7. The normalized spacial score (nSPS) is 16.6. The van der Waals surface area contributed by atoms with Crippen molar-refractivity contribution in [3.8, 4) is 0 Å². The van der Waals surface area contributed by atoms with Gasteiger partial charge in [0.15, 0.2) is 0 Å². The molecule has 0 fully saturated rings. The van der Waals surface area contributed by atoms with Crippen molar-refractivity contribution >= 4 is 34.8 Å². The standard InChI is InChI=1S/C14H13NO3S/c1-2-18-13(16)9-12-15-14(17)11(19-12)8-10-6-4-3-5-7-10/h3-8H,2,9H2,1H3/b11-8-. The molecule has 0 bridgehead atoms. The number of ether oxygens (including phenoxy) is 1. The maximum Gasteiger partial charge on any atom is 0.312 e. The summed E-state index contributed by atoms with van der Waals surface area (Å²) >= 11 is 1.23. The average Bonchev–Trinajstić information content (AvgIpc) is 2.71. The average molecular weight is 275 g/mol. The van der Waals surface area contributed by atoms with Gasteiger partial charge < -0.3 is 4.74 Å². The molecule has 0 saturated heterocycles. The molecule has 1 aromatic carbocycles. The molecule has 1 aliphatic rings. The Labute approximate surface area is 115 Å². The Balaban J connectivity index is 2.04. The molecule has 2 rings (SSSR count). The molecule has 19 heavy (non-hydrogen) atoms. The molecule has 5 heteroatoms. The number of carbonyl (C=O) groups is 2. The monoisotopic (exact) mass is 275 g/mol. The van der Waals surface area contributed by atoms with E-state index in [1.54, 1.807) is 13.0 Å². The molecule has 1 heterocycles. The van der Waals surface area contributed by atoms with Gasteiger partial charge in [0.25, 0.3) is 5.91 Å². The number of nitrogens with zero attached hydrogens (tertiary/aromatic N) is 1. The van der Waals surface area contributed by atoms with E-state index in [1.807, 2.05) is 30.3 Å². The Bertz CT molecular complexity index is 549. The van der Waals surface area contributed by atoms with Crippen molar-refractivity contribution in [1.82, 2.24) is 0 Å². The number of carbonyl (C=O) groups excluding carboxylic acids is 2. The van der Waals surface area contributed by atoms with Crippen LogP contribution >= 0.6 is 11.8 Å². The summed E-state index contributed by atoms with van der Waals surface area (Å²) < 4.78 is 4.83. The summed E-state index contributed by atoms with van der Waals surface area (Å²) in [6.07, 6.45) is 1.82. The summed E-state index contributed by atoms with van der Waals surface area (Å²) in [4.78, 5) is 27.4. The molecule has 0 radical (unpaired) electrons. The van der Waals surface area contributed by atoms with Crippen molar-refractivity contribution in [1.29, 1.82) is 0 Å². The third kappa shape index (κ3) is 3.79. The van der Waals surface area contributed by atoms with Crippen LogP contribution in [0.5, 0.6) is 0 Å². The van der Waals surface area contributed by atoms with Crippen molar-refractivity contribution < 1.29 is 14.3 Å². The first-order valence-electron chi connectivity index (χ1n) is 5.91. The molecule has 0 N–H and O–H groups in total. The number of rotatable bonds is 4. The van der Waals surface area contributed by atoms with Crippen molar-refractivity contribution in [3.05, 3.63) is 40.8 Å². The van der Waals surface area contributed by atoms with Gasteiger partial charge in [0.1, 0.15) is 0 Å². The molecule has 0 spiro atoms. The van der Waals surface area contributed by atoms with Crippen LogP contribution in [0.2, 0.25) is 0 Å². The largest absolute Gasteiger partial charge is 0.466 e. The summed E-state index contributed by atoms with van der Waals surface area (Å²) in [5.41, 5.74) is 0.936. The molecule has 1 aromatic rings. The molecule has 0 aromatic heterocycles. The van der Waals surface area contributed by atoms with Gasteiger partial charge in [-0.05, 0) is 18.6 Å². The van der Waals surface area contributed by atoms with Gasteiger partial charge in [-0.15, -0.1) is 0 Å². The molecule has 0 saturated carbocycles. The van der Waals surface area contributed by atoms with E-state index in [4.69, 9.17) is 4.74 Å². The summed E-state index contributed by atoms with van der Waals surface area (Å²) in [7, 11) is 0. The summed E-state index contributed by atoms with van der Waals surface area (Å²) in [5.74, 6) is -0.657. The number of amides is 1. The van der Waals surface area contributed by atoms with Crippen molar-refractivity contribution in [3.63, 3.8) is 0 Å². The lowest BCUT2D eigenvalue weighted by Crippen LogP contribution is -2.07. The van der Waals surface area contributed by atoms with Gasteiger partial charge in [0.05, 0.1) is 23.0 Å². The molecule has 4 nitrogen and oxygen atoms in total. The van der Waals surface area contributed by atoms with Crippen molar-refractivity contribution in [2.75, 3.05) is 6.61 Å². The Kier molecular flexibility index (Phi) is 4.52. The summed E-state index contributed by atoms with van der Waals surface area (Å²) in [6.45, 7) is 2.07. The van der Waals surface area contributed by atoms with Crippen LogP contribution in [0.15, 0.2) is 40.2 Å². The van der Waals surface area contributed by atoms with Crippen LogP contribution in [0.25, 0.3) is 6.08 Å². The van der Waals surface area contributed by atoms with Crippen LogP contribution in [0.4, 0.5) is 0 Å². The van der Waals surface area contributed by atoms with E-state index in [-0.39, 0.29) is 18.3 Å². The number of aliphatic imine (C=N–C) groups is 1. The lowest BCUT2D eigenvalue weighted by molar-refractivity contribution is -0.141. The minimum atomic E-state index is -0.359. The van der Waals surface area contributed by atoms with Crippen LogP contribution < -0.4 is 0 Å². The maximum absolute atomic E-state index is 11.7. The van der Waals surface area contributed by atoms with E-state index in [9.17, 15) is 9.59 Å². The molecule has 1 aliphatic heterocycles. The van der Waals surface area contributed by atoms with Gasteiger partial charge in [0, 0.05) is 0 Å². The van der Waals surface area contributed by atoms with E-state index in [0.29, 0.717) is 16.6 Å². The number of thioether (sulfide) groups is 1. The van der Waals surface area contributed by atoms with Crippen LogP contribution in [0, 0.1) is 0 Å². The van der Waals surface area contributed by atoms with Gasteiger partial charge in [-0.3, -0.25) is 9.59 Å². The fourth-order valence-electron chi connectivity index (χ4n) is 1.56. The van der Waals surface area contributed by atoms with E-state index in [2.05, 4.69) is 4.99 Å². The zero-order chi connectivity index (χ0) is 13.7. The predicted molar refractivity (Wildman–Crippen MR) is 75.7 cm³/mol. The molecule has 98 valence electrons. The smallest absolute Gasteiger partial charge is 0.312 e. The zero-order valence-corrected chi connectivity index (χ0v) is 11.3. The zero-order valence-electron chi connectivity index (χ0n) is 10.5. The second-order valence-corrected chi connectivity index (χ2v) is 4.93. The van der Waals surface area contributed by atoms with Crippen molar-refractivity contribution in [2.24, 2.45) is 4.99 Å². The van der Waals surface area contributed by atoms with Gasteiger partial charge in [0.2, 0.25) is 0 Å². The fraction of sp³-hybridized carbons (Fsp3) is 0.214. The minimum absolute atomic E-state index is 0.0520. The number of hydrogen-bond donors (Lipinski definition) is 0. The summed E-state index contributed by atoms with van der Waals surface area (Å²) in [5, 5.41) is 0.491. The Morgan fingerprint density at radius 3 is 2.79 bits per heavy atom. The van der Waals surface area contributed by atoms with E-state index in [0.717, 1.165) is 5.56 Å². The first kappa shape index (κ1) is 13.5. The molecule has 0 aliphatic carbocycles. The van der Waals surface area contributed by atoms with Crippen LogP contribution in [-0.2, 0) is 14.3 Å². The second-order valence-electron chi connectivity index (χ2n) is 3.81. The van der Waals surface area contributed by atoms with Crippen molar-refractivity contribution in [2.45, 2.75) is 13.3 Å². The van der Waals surface area contributed by atoms with Gasteiger partial charge in [-0.25, -0.2) is 4.99 Å². The first-order valence-corrected chi connectivity index (χ1v) is 6.73. The van der Waals surface area contributed by atoms with E-state index in [1.165, 1.54) is 11.8 Å². The molecular formula is C14H13NO3S. The minimum Gasteiger partial charge on any atom is -0.466 e. The Morgan fingerprint density at radius 2 is 2.11 bits per heavy atom. The third-order valence-corrected chi connectivity index (χ3v) is 3.35. The van der Waals surface area contributed by atoms with Crippen LogP contribution in [0.1, 0.15) is 18.9 Å². The lowest BCUT2D eigenvalue weighted by atomic mass is 10.2. The van der Waals surface area contributed by atoms with Crippen LogP contribution in [-0.4, -0.2) is 23.5 Å². The highest BCUT2D eigenvalue weighted by Crippen LogP contribution is 2.29. The molecule has 1 amide bonds. The lowest BCUT2D eigenvalue weighted by Gasteiger charge is -1.99. The van der Waals surface area contributed by atoms with Gasteiger partial charge in [-0.2, -0.15) is 0 Å². The highest BCUT2D eigenvalue weighted by Gasteiger charge is 2.23. The predicted octanol–water partition coefficient (Wildman–Crippen LogP) is 2.65. The Morgan fingerprint density at radius 1 is 1.37 bits per heavy atom. The number of benzene rings is 1. The van der Waals surface area contributed by atoms with Gasteiger partial charge in [-0.1, -0.05) is 42.1 Å². The topological polar surface area (TPSA) is 55.7 Å². The third-order valence-electron chi connectivity index (χ3n) is 2.36. The second kappa shape index (κ2) is 6.33. The number of hydrogen-bond acceptors (Lipinski definition) is 4. The quantitative estimate of drug-likeness (QED) is 0.626. The molecule has 0 atom stereocenters. The molecule has 0 unspecified atom stereocenters. The van der Waals surface area contributed by atoms with E-state index >= 15 is 0 Å². The highest BCUT2D eigenvalue weighted by atomic mass is 32.2. The SMILES string of the molecule is CCOC(=O)CC1=NC(=O)/C(=C/c2ccccc2)S1. The Hall–Kier alpha value is -1.88. The fourth-order valence-corrected chi connectivity index (χ4v) is 2.47. The summed E-state index contributed by atoms with van der Waals surface area (Å²) in [6, 6.07) is 9.52. The highest BCUT2D eigenvalue weighted by molar-refractivity contribution is 8.18. The first-order chi connectivity index (χ1) is 9.19. The van der Waals surface area contributed by atoms with Crippen LogP contribution in [0.3, 0.4) is 0 Å². The van der Waals surface area contributed by atoms with E-state index < -0.39 is 0 Å². The number of esters is 1. The van der Waals surface area contributed by atoms with Gasteiger partial charge >= 0.3 is 5.97 Å². The molecular weight excluding hydrogens is 262 g/mol.